The van der Waals surface area contributed by atoms with E-state index >= 15 is 0 Å². The van der Waals surface area contributed by atoms with Crippen LogP contribution in [-0.4, -0.2) is 102 Å². The second-order valence-corrected chi connectivity index (χ2v) is 10.8. The van der Waals surface area contributed by atoms with E-state index in [9.17, 15) is 33.6 Å². The number of hydrogen-bond donors (Lipinski definition) is 1. The Bertz CT molecular complexity index is 1410. The Labute approximate surface area is 281 Å². The van der Waals surface area contributed by atoms with Crippen molar-refractivity contribution < 1.29 is 76.2 Å². The van der Waals surface area contributed by atoms with Crippen molar-refractivity contribution in [3.8, 4) is 5.75 Å². The number of ketones is 1. The minimum Gasteiger partial charge on any atom is -0.463 e. The van der Waals surface area contributed by atoms with E-state index in [0.717, 1.165) is 27.7 Å². The first-order valence-corrected chi connectivity index (χ1v) is 15.0. The normalized spacial score (nSPS) is 20.3. The fraction of sp³-hybridized carbons (Fsp3) is 0.548. The Morgan fingerprint density at radius 2 is 1.45 bits per heavy atom. The number of ether oxygens (including phenoxy) is 8. The molecular weight excluding hydrogens is 654 g/mol. The Balaban J connectivity index is 2.19. The van der Waals surface area contributed by atoms with Gasteiger partial charge in [0.1, 0.15) is 31.1 Å². The van der Waals surface area contributed by atoms with Gasteiger partial charge in [-0.2, -0.15) is 4.79 Å². The third-order valence-corrected chi connectivity index (χ3v) is 6.30. The fourth-order valence-electron chi connectivity index (χ4n) is 4.39. The first kappa shape index (κ1) is 39.8. The van der Waals surface area contributed by atoms with Gasteiger partial charge in [-0.1, -0.05) is 12.1 Å². The van der Waals surface area contributed by atoms with Crippen LogP contribution in [0.2, 0.25) is 0 Å². The van der Waals surface area contributed by atoms with Crippen LogP contribution in [-0.2, 0) is 68.5 Å². The molecule has 0 unspecified atom stereocenters. The number of carbonyl (C=O) groups is 7. The molecule has 0 aliphatic carbocycles. The van der Waals surface area contributed by atoms with Crippen molar-refractivity contribution in [3.63, 3.8) is 0 Å². The van der Waals surface area contributed by atoms with Gasteiger partial charge in [-0.05, 0) is 38.0 Å². The van der Waals surface area contributed by atoms with E-state index in [4.69, 9.17) is 43.4 Å². The molecule has 2 rings (SSSR count). The van der Waals surface area contributed by atoms with E-state index in [-0.39, 0.29) is 25.2 Å². The average Bonchev–Trinajstić information content (AvgIpc) is 3.00. The lowest BCUT2D eigenvalue weighted by atomic mass is 9.98. The van der Waals surface area contributed by atoms with E-state index in [1.807, 2.05) is 0 Å². The Hall–Kier alpha value is -5.35. The highest BCUT2D eigenvalue weighted by molar-refractivity contribution is 6.25. The molecular formula is C31H39N3O15. The minimum atomic E-state index is -1.45. The van der Waals surface area contributed by atoms with E-state index in [0.29, 0.717) is 11.8 Å². The van der Waals surface area contributed by atoms with Crippen LogP contribution in [0.3, 0.4) is 0 Å². The number of hydrogen-bond acceptors (Lipinski definition) is 15. The fourth-order valence-corrected chi connectivity index (χ4v) is 4.39. The van der Waals surface area contributed by atoms with Gasteiger partial charge in [0.05, 0.1) is 6.10 Å². The van der Waals surface area contributed by atoms with Gasteiger partial charge in [-0.25, -0.2) is 9.59 Å². The number of rotatable bonds is 16. The van der Waals surface area contributed by atoms with Gasteiger partial charge in [0.25, 0.3) is 0 Å². The molecule has 0 bridgehead atoms. The highest BCUT2D eigenvalue weighted by atomic mass is 16.7. The molecule has 1 heterocycles. The predicted octanol–water partition coefficient (Wildman–Crippen LogP) is 1.34. The number of nitrogens with zero attached hydrogens (tertiary/aromatic N) is 2. The summed E-state index contributed by atoms with van der Waals surface area (Å²) in [7, 11) is 0. The summed E-state index contributed by atoms with van der Waals surface area (Å²) < 4.78 is 43.3. The van der Waals surface area contributed by atoms with Crippen molar-refractivity contribution in [1.29, 1.82) is 0 Å². The molecule has 268 valence electrons. The summed E-state index contributed by atoms with van der Waals surface area (Å²) in [5.41, 5.74) is 8.98. The van der Waals surface area contributed by atoms with Crippen LogP contribution < -0.4 is 10.1 Å². The highest BCUT2D eigenvalue weighted by Crippen LogP contribution is 2.31. The second kappa shape index (κ2) is 19.5. The smallest absolute Gasteiger partial charge is 0.408 e. The van der Waals surface area contributed by atoms with Gasteiger partial charge in [-0.3, -0.25) is 24.0 Å². The largest absolute Gasteiger partial charge is 0.463 e. The lowest BCUT2D eigenvalue weighted by Crippen LogP contribution is -2.63. The van der Waals surface area contributed by atoms with Crippen LogP contribution >= 0.6 is 0 Å². The van der Waals surface area contributed by atoms with E-state index < -0.39 is 91.2 Å². The monoisotopic (exact) mass is 693 g/mol. The summed E-state index contributed by atoms with van der Waals surface area (Å²) >= 11 is 0. The van der Waals surface area contributed by atoms with Crippen molar-refractivity contribution in [2.75, 3.05) is 6.61 Å². The summed E-state index contributed by atoms with van der Waals surface area (Å²) in [4.78, 5) is 86.7. The van der Waals surface area contributed by atoms with Crippen molar-refractivity contribution in [2.45, 2.75) is 104 Å². The molecule has 49 heavy (non-hydrogen) atoms. The van der Waals surface area contributed by atoms with E-state index in [1.54, 1.807) is 13.8 Å². The van der Waals surface area contributed by atoms with Crippen molar-refractivity contribution in [2.24, 2.45) is 0 Å². The Morgan fingerprint density at radius 1 is 0.857 bits per heavy atom. The number of carbonyl (C=O) groups excluding carboxylic acids is 7. The number of amides is 1. The van der Waals surface area contributed by atoms with Crippen LogP contribution in [0.1, 0.15) is 59.9 Å². The molecule has 1 aliphatic rings. The number of nitrogens with one attached hydrogen (secondary N) is 1. The van der Waals surface area contributed by atoms with Gasteiger partial charge >= 0.3 is 42.2 Å². The SMILES string of the molecule is CC(=O)OC[C@H]1O[C@H](Oc2ccc(COC(=O)N[C@@H](CCC(=O)C=[N+]=[N-])C(=O)OC(C)C)cc2)[C@H](OC(C)=O)[C@@H](OC(C)=O)[C@H]1OC(C)=O. The number of alkyl carbamates (subject to hydrolysis) is 1. The quantitative estimate of drug-likeness (QED) is 0.0844. The molecule has 1 saturated heterocycles. The first-order valence-electron chi connectivity index (χ1n) is 15.0. The molecule has 1 fully saturated rings. The van der Waals surface area contributed by atoms with Crippen molar-refractivity contribution in [3.05, 3.63) is 35.4 Å². The van der Waals surface area contributed by atoms with Crippen LogP contribution in [0.15, 0.2) is 24.3 Å². The summed E-state index contributed by atoms with van der Waals surface area (Å²) in [5, 5.41) is 2.35. The van der Waals surface area contributed by atoms with Gasteiger partial charge in [-0.15, -0.1) is 0 Å². The molecule has 1 aromatic rings. The van der Waals surface area contributed by atoms with Crippen molar-refractivity contribution in [1.82, 2.24) is 5.32 Å². The van der Waals surface area contributed by atoms with Crippen LogP contribution in [0.5, 0.6) is 5.75 Å². The molecule has 1 N–H and O–H groups in total. The predicted molar refractivity (Wildman–Crippen MR) is 161 cm³/mol. The third kappa shape index (κ3) is 14.1. The molecule has 18 heteroatoms. The molecule has 1 aromatic carbocycles. The lowest BCUT2D eigenvalue weighted by Gasteiger charge is -2.43. The maximum atomic E-state index is 12.5. The summed E-state index contributed by atoms with van der Waals surface area (Å²) in [6, 6.07) is 4.74. The second-order valence-electron chi connectivity index (χ2n) is 10.8. The van der Waals surface area contributed by atoms with Gasteiger partial charge < -0.3 is 48.7 Å². The zero-order chi connectivity index (χ0) is 36.7. The summed E-state index contributed by atoms with van der Waals surface area (Å²) in [5.74, 6) is -4.26. The number of esters is 5. The van der Waals surface area contributed by atoms with Gasteiger partial charge in [0.2, 0.25) is 18.2 Å². The first-order chi connectivity index (χ1) is 23.1. The Kier molecular flexibility index (Phi) is 15.8. The molecule has 18 nitrogen and oxygen atoms in total. The summed E-state index contributed by atoms with van der Waals surface area (Å²) in [6.07, 6.45) is -8.02. The number of benzene rings is 1. The molecule has 0 saturated carbocycles. The van der Waals surface area contributed by atoms with Gasteiger partial charge in [0.15, 0.2) is 12.2 Å². The van der Waals surface area contributed by atoms with Gasteiger partial charge in [0, 0.05) is 34.1 Å². The molecule has 0 spiro atoms. The molecule has 0 radical (unpaired) electrons. The standard InChI is InChI=1S/C31H39N3O15/c1-16(2)44-29(40)24(12-9-22(39)13-33-32)34-31(41)43-14-21-7-10-23(11-8-21)48-30-28(47-20(6)38)27(46-19(5)37)26(45-18(4)36)25(49-30)15-42-17(3)35/h7-8,10-11,13,16,24-28,30H,9,12,14-15H2,1-6H3,(H,34,41)/t24-,25+,26-,27-,28+,30-/m0/s1. The van der Waals surface area contributed by atoms with E-state index in [1.165, 1.54) is 24.3 Å². The molecule has 0 aromatic heterocycles. The highest BCUT2D eigenvalue weighted by Gasteiger charge is 2.53. The summed E-state index contributed by atoms with van der Waals surface area (Å²) in [6.45, 7) is 6.98. The Morgan fingerprint density at radius 3 is 2.00 bits per heavy atom. The lowest BCUT2D eigenvalue weighted by molar-refractivity contribution is -0.288. The zero-order valence-corrected chi connectivity index (χ0v) is 27.8. The van der Waals surface area contributed by atoms with Crippen LogP contribution in [0.4, 0.5) is 4.79 Å². The maximum Gasteiger partial charge on any atom is 0.408 e. The molecule has 1 amide bonds. The molecule has 6 atom stereocenters. The topological polar surface area (TPSA) is 242 Å². The molecule has 1 aliphatic heterocycles. The van der Waals surface area contributed by atoms with Crippen LogP contribution in [0, 0.1) is 0 Å². The maximum absolute atomic E-state index is 12.5. The third-order valence-electron chi connectivity index (χ3n) is 6.30. The van der Waals surface area contributed by atoms with Crippen molar-refractivity contribution >= 4 is 47.9 Å². The van der Waals surface area contributed by atoms with Crippen LogP contribution in [0.25, 0.3) is 5.53 Å². The average molecular weight is 694 g/mol. The zero-order valence-electron chi connectivity index (χ0n) is 27.8. The minimum absolute atomic E-state index is 0.142. The number of Topliss-reactive ketones (excluding diaryl/α,β-unsaturated/α-hetero) is 1. The van der Waals surface area contributed by atoms with E-state index in [2.05, 4.69) is 10.1 Å².